The molecule has 2 rings (SSSR count). The Bertz CT molecular complexity index is 641. The lowest BCUT2D eigenvalue weighted by Crippen LogP contribution is -2.51. The number of amides is 1. The zero-order valence-corrected chi connectivity index (χ0v) is 16.0. The van der Waals surface area contributed by atoms with Crippen molar-refractivity contribution in [2.24, 2.45) is 0 Å². The maximum Gasteiger partial charge on any atom is 0.234 e. The second kappa shape index (κ2) is 9.31. The van der Waals surface area contributed by atoms with E-state index in [9.17, 15) is 13.2 Å². The summed E-state index contributed by atoms with van der Waals surface area (Å²) in [5, 5.41) is 2.99. The fourth-order valence-corrected chi connectivity index (χ4v) is 4.59. The van der Waals surface area contributed by atoms with Gasteiger partial charge in [0.25, 0.3) is 0 Å². The molecule has 1 amide bonds. The quantitative estimate of drug-likeness (QED) is 0.755. The zero-order chi connectivity index (χ0) is 18.3. The SMILES string of the molecule is CCC[C@H](C)NC(=O)CN1CCN(S(=O)(=O)Cc2ccccc2)CC1. The molecule has 1 fully saturated rings. The summed E-state index contributed by atoms with van der Waals surface area (Å²) in [4.78, 5) is 14.0. The summed E-state index contributed by atoms with van der Waals surface area (Å²) >= 11 is 0. The van der Waals surface area contributed by atoms with Gasteiger partial charge in [0.1, 0.15) is 0 Å². The van der Waals surface area contributed by atoms with Gasteiger partial charge in [-0.1, -0.05) is 43.7 Å². The molecule has 25 heavy (non-hydrogen) atoms. The molecule has 0 saturated carbocycles. The van der Waals surface area contributed by atoms with Crippen LogP contribution in [0.1, 0.15) is 32.3 Å². The second-order valence-electron chi connectivity index (χ2n) is 6.67. The first kappa shape index (κ1) is 19.9. The molecule has 140 valence electrons. The van der Waals surface area contributed by atoms with Gasteiger partial charge in [-0.3, -0.25) is 9.69 Å². The molecule has 0 aliphatic carbocycles. The third kappa shape index (κ3) is 6.41. The van der Waals surface area contributed by atoms with E-state index in [4.69, 9.17) is 0 Å². The first-order valence-corrected chi connectivity index (χ1v) is 10.5. The first-order chi connectivity index (χ1) is 11.9. The number of carbonyl (C=O) groups is 1. The molecule has 1 saturated heterocycles. The molecule has 0 spiro atoms. The van der Waals surface area contributed by atoms with E-state index < -0.39 is 10.0 Å². The van der Waals surface area contributed by atoms with Gasteiger partial charge >= 0.3 is 0 Å². The van der Waals surface area contributed by atoms with Crippen LogP contribution in [-0.2, 0) is 20.6 Å². The highest BCUT2D eigenvalue weighted by Gasteiger charge is 2.27. The molecule has 1 aromatic rings. The third-order valence-electron chi connectivity index (χ3n) is 4.41. The number of carbonyl (C=O) groups excluding carboxylic acids is 1. The Balaban J connectivity index is 1.80. The molecular weight excluding hydrogens is 338 g/mol. The lowest BCUT2D eigenvalue weighted by Gasteiger charge is -2.33. The van der Waals surface area contributed by atoms with E-state index >= 15 is 0 Å². The highest BCUT2D eigenvalue weighted by molar-refractivity contribution is 7.88. The molecule has 1 atom stereocenters. The van der Waals surface area contributed by atoms with Crippen molar-refractivity contribution >= 4 is 15.9 Å². The average molecular weight is 368 g/mol. The molecule has 0 bridgehead atoms. The molecule has 7 heteroatoms. The van der Waals surface area contributed by atoms with E-state index in [0.717, 1.165) is 18.4 Å². The van der Waals surface area contributed by atoms with Crippen LogP contribution in [0.4, 0.5) is 0 Å². The molecule has 0 unspecified atom stereocenters. The maximum atomic E-state index is 12.5. The van der Waals surface area contributed by atoms with Gasteiger partial charge in [0.05, 0.1) is 12.3 Å². The standard InChI is InChI=1S/C18H29N3O3S/c1-3-7-16(2)19-18(22)14-20-10-12-21(13-11-20)25(23,24)15-17-8-5-4-6-9-17/h4-6,8-9,16H,3,7,10-15H2,1-2H3,(H,19,22)/t16-/m0/s1. The average Bonchev–Trinajstić information content (AvgIpc) is 2.56. The number of hydrogen-bond donors (Lipinski definition) is 1. The van der Waals surface area contributed by atoms with E-state index in [1.807, 2.05) is 42.2 Å². The van der Waals surface area contributed by atoms with Crippen LogP contribution in [0.3, 0.4) is 0 Å². The topological polar surface area (TPSA) is 69.7 Å². The maximum absolute atomic E-state index is 12.5. The van der Waals surface area contributed by atoms with Crippen LogP contribution in [-0.4, -0.2) is 62.3 Å². The number of nitrogens with one attached hydrogen (secondary N) is 1. The molecule has 1 aromatic carbocycles. The number of rotatable bonds is 8. The van der Waals surface area contributed by atoms with Crippen molar-refractivity contribution in [2.45, 2.75) is 38.5 Å². The molecule has 0 aromatic heterocycles. The van der Waals surface area contributed by atoms with Gasteiger partial charge in [0.15, 0.2) is 0 Å². The lowest BCUT2D eigenvalue weighted by molar-refractivity contribution is -0.123. The molecule has 0 radical (unpaired) electrons. The summed E-state index contributed by atoms with van der Waals surface area (Å²) in [5.74, 6) is 0.0459. The van der Waals surface area contributed by atoms with Gasteiger partial charge in [-0.05, 0) is 18.9 Å². The number of hydrogen-bond acceptors (Lipinski definition) is 4. The second-order valence-corrected chi connectivity index (χ2v) is 8.64. The van der Waals surface area contributed by atoms with Crippen molar-refractivity contribution in [3.05, 3.63) is 35.9 Å². The lowest BCUT2D eigenvalue weighted by atomic mass is 10.2. The van der Waals surface area contributed by atoms with Gasteiger partial charge in [-0.2, -0.15) is 4.31 Å². The van der Waals surface area contributed by atoms with Crippen molar-refractivity contribution in [3.8, 4) is 0 Å². The Labute approximate surface area is 151 Å². The van der Waals surface area contributed by atoms with Crippen LogP contribution in [0.25, 0.3) is 0 Å². The fraction of sp³-hybridized carbons (Fsp3) is 0.611. The summed E-state index contributed by atoms with van der Waals surface area (Å²) in [6, 6.07) is 9.42. The highest BCUT2D eigenvalue weighted by Crippen LogP contribution is 2.13. The van der Waals surface area contributed by atoms with Crippen LogP contribution >= 0.6 is 0 Å². The number of benzene rings is 1. The molecular formula is C18H29N3O3S. The number of piperazine rings is 1. The summed E-state index contributed by atoms with van der Waals surface area (Å²) in [6.45, 7) is 6.49. The van der Waals surface area contributed by atoms with Crippen LogP contribution in [0.2, 0.25) is 0 Å². The van der Waals surface area contributed by atoms with Crippen molar-refractivity contribution in [1.82, 2.24) is 14.5 Å². The third-order valence-corrected chi connectivity index (χ3v) is 6.26. The number of nitrogens with zero attached hydrogens (tertiary/aromatic N) is 2. The van der Waals surface area contributed by atoms with E-state index in [-0.39, 0.29) is 17.7 Å². The zero-order valence-electron chi connectivity index (χ0n) is 15.1. The van der Waals surface area contributed by atoms with Crippen LogP contribution in [0.5, 0.6) is 0 Å². The van der Waals surface area contributed by atoms with Gasteiger partial charge in [0, 0.05) is 32.2 Å². The van der Waals surface area contributed by atoms with Gasteiger partial charge < -0.3 is 5.32 Å². The Morgan fingerprint density at radius 3 is 2.40 bits per heavy atom. The van der Waals surface area contributed by atoms with Crippen LogP contribution in [0.15, 0.2) is 30.3 Å². The fourth-order valence-electron chi connectivity index (χ4n) is 3.07. The summed E-state index contributed by atoms with van der Waals surface area (Å²) in [6.07, 6.45) is 2.01. The Hall–Kier alpha value is -1.44. The van der Waals surface area contributed by atoms with Crippen molar-refractivity contribution in [2.75, 3.05) is 32.7 Å². The predicted octanol–water partition coefficient (Wildman–Crippen LogP) is 1.44. The van der Waals surface area contributed by atoms with Gasteiger partial charge in [-0.15, -0.1) is 0 Å². The van der Waals surface area contributed by atoms with Crippen molar-refractivity contribution < 1.29 is 13.2 Å². The summed E-state index contributed by atoms with van der Waals surface area (Å²) in [7, 11) is -3.31. The minimum atomic E-state index is -3.31. The molecule has 1 heterocycles. The Kier molecular flexibility index (Phi) is 7.40. The predicted molar refractivity (Wildman–Crippen MR) is 99.6 cm³/mol. The van der Waals surface area contributed by atoms with Gasteiger partial charge in [-0.25, -0.2) is 8.42 Å². The van der Waals surface area contributed by atoms with E-state index in [2.05, 4.69) is 12.2 Å². The largest absolute Gasteiger partial charge is 0.353 e. The minimum Gasteiger partial charge on any atom is -0.353 e. The van der Waals surface area contributed by atoms with E-state index in [1.165, 1.54) is 4.31 Å². The van der Waals surface area contributed by atoms with Crippen molar-refractivity contribution in [3.63, 3.8) is 0 Å². The van der Waals surface area contributed by atoms with Crippen LogP contribution < -0.4 is 5.32 Å². The molecule has 6 nitrogen and oxygen atoms in total. The van der Waals surface area contributed by atoms with E-state index in [1.54, 1.807) is 0 Å². The Morgan fingerprint density at radius 2 is 1.80 bits per heavy atom. The highest BCUT2D eigenvalue weighted by atomic mass is 32.2. The Morgan fingerprint density at radius 1 is 1.16 bits per heavy atom. The summed E-state index contributed by atoms with van der Waals surface area (Å²) < 4.78 is 26.6. The van der Waals surface area contributed by atoms with Crippen LogP contribution in [0, 0.1) is 0 Å². The molecule has 1 aliphatic rings. The molecule has 1 aliphatic heterocycles. The normalized spacial score (nSPS) is 18.0. The smallest absolute Gasteiger partial charge is 0.234 e. The van der Waals surface area contributed by atoms with Crippen molar-refractivity contribution in [1.29, 1.82) is 0 Å². The molecule has 1 N–H and O–H groups in total. The minimum absolute atomic E-state index is 0.0153. The van der Waals surface area contributed by atoms with E-state index in [0.29, 0.717) is 32.7 Å². The van der Waals surface area contributed by atoms with Gasteiger partial charge in [0.2, 0.25) is 15.9 Å². The first-order valence-electron chi connectivity index (χ1n) is 8.94. The summed E-state index contributed by atoms with van der Waals surface area (Å²) in [5.41, 5.74) is 0.800. The number of sulfonamides is 1. The monoisotopic (exact) mass is 367 g/mol.